The minimum atomic E-state index is 0.605. The fourth-order valence-corrected chi connectivity index (χ4v) is 5.03. The van der Waals surface area contributed by atoms with Crippen molar-refractivity contribution >= 4 is 23.5 Å². The van der Waals surface area contributed by atoms with E-state index in [4.69, 9.17) is 15.0 Å². The molecule has 2 aliphatic heterocycles. The molecule has 2 aromatic heterocycles. The Morgan fingerprint density at radius 2 is 1.22 bits per heavy atom. The molecule has 0 spiro atoms. The molecule has 0 bridgehead atoms. The second-order valence-corrected chi connectivity index (χ2v) is 9.52. The van der Waals surface area contributed by atoms with Crippen LogP contribution in [0.15, 0.2) is 66.9 Å². The van der Waals surface area contributed by atoms with Crippen molar-refractivity contribution in [3.8, 4) is 16.9 Å². The molecular formula is C28H32N8. The Balaban J connectivity index is 1.26. The number of piperidine rings is 2. The molecule has 0 saturated carbocycles. The molecule has 2 saturated heterocycles. The van der Waals surface area contributed by atoms with Gasteiger partial charge >= 0.3 is 0 Å². The van der Waals surface area contributed by atoms with Crippen LogP contribution in [-0.2, 0) is 0 Å². The first-order valence-electron chi connectivity index (χ1n) is 13.1. The molecule has 4 aromatic rings. The van der Waals surface area contributed by atoms with Crippen molar-refractivity contribution < 1.29 is 0 Å². The molecule has 8 heteroatoms. The number of para-hydroxylation sites is 1. The van der Waals surface area contributed by atoms with Gasteiger partial charge in [-0.2, -0.15) is 20.1 Å². The summed E-state index contributed by atoms with van der Waals surface area (Å²) in [6.07, 6.45) is 9.15. The fraction of sp³-hybridized carbons (Fsp3) is 0.357. The number of hydrogen-bond acceptors (Lipinski definition) is 7. The summed E-state index contributed by atoms with van der Waals surface area (Å²) < 4.78 is 1.96. The van der Waals surface area contributed by atoms with Gasteiger partial charge in [-0.25, -0.2) is 4.68 Å². The third-order valence-electron chi connectivity index (χ3n) is 6.97. The maximum absolute atomic E-state index is 4.89. The molecule has 184 valence electrons. The zero-order chi connectivity index (χ0) is 24.2. The molecule has 0 unspecified atom stereocenters. The van der Waals surface area contributed by atoms with Gasteiger partial charge in [0.2, 0.25) is 17.8 Å². The molecule has 2 aliphatic rings. The van der Waals surface area contributed by atoms with Crippen LogP contribution < -0.4 is 15.1 Å². The largest absolute Gasteiger partial charge is 0.341 e. The van der Waals surface area contributed by atoms with Crippen molar-refractivity contribution in [3.05, 3.63) is 66.9 Å². The zero-order valence-corrected chi connectivity index (χ0v) is 20.6. The molecular weight excluding hydrogens is 448 g/mol. The summed E-state index contributed by atoms with van der Waals surface area (Å²) in [6, 6.07) is 20.6. The van der Waals surface area contributed by atoms with Crippen LogP contribution in [0.25, 0.3) is 16.9 Å². The van der Waals surface area contributed by atoms with E-state index in [1.54, 1.807) is 0 Å². The Labute approximate surface area is 212 Å². The molecule has 6 rings (SSSR count). The van der Waals surface area contributed by atoms with Gasteiger partial charge < -0.3 is 15.1 Å². The number of anilines is 4. The molecule has 2 aromatic carbocycles. The highest BCUT2D eigenvalue weighted by Gasteiger charge is 2.20. The Morgan fingerprint density at radius 3 is 1.83 bits per heavy atom. The van der Waals surface area contributed by atoms with Gasteiger partial charge in [-0.3, -0.25) is 0 Å². The van der Waals surface area contributed by atoms with E-state index < -0.39 is 0 Å². The first-order chi connectivity index (χ1) is 17.8. The summed E-state index contributed by atoms with van der Waals surface area (Å²) >= 11 is 0. The summed E-state index contributed by atoms with van der Waals surface area (Å²) in [4.78, 5) is 19.1. The predicted molar refractivity (Wildman–Crippen MR) is 144 cm³/mol. The lowest BCUT2D eigenvalue weighted by Crippen LogP contribution is -2.34. The molecule has 2 fully saturated rings. The lowest BCUT2D eigenvalue weighted by atomic mass is 10.1. The molecule has 0 atom stereocenters. The Kier molecular flexibility index (Phi) is 6.48. The summed E-state index contributed by atoms with van der Waals surface area (Å²) in [5.74, 6) is 2.18. The SMILES string of the molecule is c1ccc(-n2nccc2-c2ccc(Nc3nc(N4CCCCC4)nc(N4CCCCC4)n3)cc2)cc1. The van der Waals surface area contributed by atoms with Gasteiger partial charge in [0.1, 0.15) is 0 Å². The van der Waals surface area contributed by atoms with Crippen LogP contribution in [0.5, 0.6) is 0 Å². The van der Waals surface area contributed by atoms with Crippen molar-refractivity contribution in [2.45, 2.75) is 38.5 Å². The highest BCUT2D eigenvalue weighted by atomic mass is 15.4. The molecule has 0 radical (unpaired) electrons. The lowest BCUT2D eigenvalue weighted by Gasteiger charge is -2.30. The fourth-order valence-electron chi connectivity index (χ4n) is 5.03. The summed E-state index contributed by atoms with van der Waals surface area (Å²) in [5.41, 5.74) is 4.14. The van der Waals surface area contributed by atoms with Crippen LogP contribution in [0, 0.1) is 0 Å². The van der Waals surface area contributed by atoms with Gasteiger partial charge in [-0.1, -0.05) is 30.3 Å². The van der Waals surface area contributed by atoms with Crippen LogP contribution in [0.3, 0.4) is 0 Å². The standard InChI is InChI=1S/C28H32N8/c1-4-10-24(11-5-1)36-25(16-17-29-36)22-12-14-23(15-13-22)30-26-31-27(34-18-6-2-7-19-34)33-28(32-26)35-20-8-3-9-21-35/h1,4-5,10-17H,2-3,6-9,18-21H2,(H,30,31,32,33). The van der Waals surface area contributed by atoms with Crippen LogP contribution in [0.2, 0.25) is 0 Å². The van der Waals surface area contributed by atoms with Gasteiger partial charge in [0.25, 0.3) is 0 Å². The number of hydrogen-bond donors (Lipinski definition) is 1. The molecule has 0 amide bonds. The van der Waals surface area contributed by atoms with Gasteiger partial charge in [-0.05, 0) is 68.9 Å². The Morgan fingerprint density at radius 1 is 0.611 bits per heavy atom. The number of benzene rings is 2. The van der Waals surface area contributed by atoms with Crippen LogP contribution in [0.4, 0.5) is 23.5 Å². The number of rotatable bonds is 6. The van der Waals surface area contributed by atoms with E-state index in [0.29, 0.717) is 5.95 Å². The molecule has 0 aliphatic carbocycles. The average molecular weight is 481 g/mol. The summed E-state index contributed by atoms with van der Waals surface area (Å²) in [7, 11) is 0. The maximum atomic E-state index is 4.89. The first-order valence-corrected chi connectivity index (χ1v) is 13.1. The smallest absolute Gasteiger partial charge is 0.233 e. The quantitative estimate of drug-likeness (QED) is 0.393. The third kappa shape index (κ3) is 4.89. The van der Waals surface area contributed by atoms with E-state index in [1.807, 2.05) is 35.1 Å². The monoisotopic (exact) mass is 480 g/mol. The van der Waals surface area contributed by atoms with Crippen molar-refractivity contribution in [3.63, 3.8) is 0 Å². The van der Waals surface area contributed by atoms with Crippen molar-refractivity contribution in [2.24, 2.45) is 0 Å². The average Bonchev–Trinajstić information content (AvgIpc) is 3.45. The van der Waals surface area contributed by atoms with E-state index in [0.717, 1.165) is 60.7 Å². The van der Waals surface area contributed by atoms with Crippen LogP contribution in [0.1, 0.15) is 38.5 Å². The predicted octanol–water partition coefficient (Wildman–Crippen LogP) is 5.45. The Bertz CT molecular complexity index is 1240. The van der Waals surface area contributed by atoms with Crippen molar-refractivity contribution in [2.75, 3.05) is 41.3 Å². The second kappa shape index (κ2) is 10.4. The zero-order valence-electron chi connectivity index (χ0n) is 20.6. The highest BCUT2D eigenvalue weighted by molar-refractivity contribution is 5.66. The number of nitrogens with one attached hydrogen (secondary N) is 1. The molecule has 8 nitrogen and oxygen atoms in total. The lowest BCUT2D eigenvalue weighted by molar-refractivity contribution is 0.556. The van der Waals surface area contributed by atoms with Gasteiger partial charge in [0, 0.05) is 37.4 Å². The van der Waals surface area contributed by atoms with E-state index in [9.17, 15) is 0 Å². The summed E-state index contributed by atoms with van der Waals surface area (Å²) in [6.45, 7) is 4.03. The van der Waals surface area contributed by atoms with E-state index in [2.05, 4.69) is 56.6 Å². The van der Waals surface area contributed by atoms with E-state index >= 15 is 0 Å². The van der Waals surface area contributed by atoms with E-state index in [1.165, 1.54) is 38.5 Å². The minimum absolute atomic E-state index is 0.605. The number of aromatic nitrogens is 5. The second-order valence-electron chi connectivity index (χ2n) is 9.52. The highest BCUT2D eigenvalue weighted by Crippen LogP contribution is 2.27. The van der Waals surface area contributed by atoms with Crippen molar-refractivity contribution in [1.82, 2.24) is 24.7 Å². The van der Waals surface area contributed by atoms with E-state index in [-0.39, 0.29) is 0 Å². The van der Waals surface area contributed by atoms with Crippen LogP contribution in [-0.4, -0.2) is 50.9 Å². The molecule has 4 heterocycles. The topological polar surface area (TPSA) is 75.0 Å². The molecule has 1 N–H and O–H groups in total. The maximum Gasteiger partial charge on any atom is 0.233 e. The molecule has 36 heavy (non-hydrogen) atoms. The van der Waals surface area contributed by atoms with Crippen LogP contribution >= 0.6 is 0 Å². The summed E-state index contributed by atoms with van der Waals surface area (Å²) in [5, 5.41) is 7.97. The van der Waals surface area contributed by atoms with Gasteiger partial charge in [0.15, 0.2) is 0 Å². The first kappa shape index (κ1) is 22.5. The third-order valence-corrected chi connectivity index (χ3v) is 6.97. The van der Waals surface area contributed by atoms with Gasteiger partial charge in [0.05, 0.1) is 17.6 Å². The normalized spacial score (nSPS) is 16.2. The minimum Gasteiger partial charge on any atom is -0.341 e. The number of nitrogens with zero attached hydrogens (tertiary/aromatic N) is 7. The Hall–Kier alpha value is -3.94. The van der Waals surface area contributed by atoms with Crippen molar-refractivity contribution in [1.29, 1.82) is 0 Å². The van der Waals surface area contributed by atoms with Gasteiger partial charge in [-0.15, -0.1) is 0 Å².